The minimum absolute atomic E-state index is 0.0949. The molecule has 0 radical (unpaired) electrons. The van der Waals surface area contributed by atoms with Gasteiger partial charge in [-0.15, -0.1) is 0 Å². The summed E-state index contributed by atoms with van der Waals surface area (Å²) < 4.78 is 16.7. The molecule has 0 saturated carbocycles. The molecule has 0 aromatic heterocycles. The molecule has 0 fully saturated rings. The van der Waals surface area contributed by atoms with Crippen LogP contribution in [0.1, 0.15) is 233 Å². The third kappa shape index (κ3) is 51.1. The SMILES string of the molecule is CC/C=C\C/C=C\C/C=C\C/C=C\C/C=C\CCCCCC(=O)OC(COC(=O)CCCCCCCCCC)COC(=O)CCCCCCCCCC/C=C\C/C=C\C/C=C\C/C=C\CC. The van der Waals surface area contributed by atoms with E-state index in [0.717, 1.165) is 128 Å². The fourth-order valence-electron chi connectivity index (χ4n) is 7.05. The molecule has 0 bridgehead atoms. The first kappa shape index (κ1) is 62.1. The van der Waals surface area contributed by atoms with Gasteiger partial charge in [0.15, 0.2) is 6.10 Å². The standard InChI is InChI=1S/C60H98O6/c1-4-7-10-13-16-19-21-23-25-27-29-30-32-33-35-37-39-41-44-47-50-53-59(62)65-56-57(55-64-58(61)52-49-46-43-18-15-12-9-6-3)66-60(63)54-51-48-45-42-40-38-36-34-31-28-26-24-22-20-17-14-11-8-5-2/h7-8,10-11,16-17,19-20,23-26,29-31,34,38,40,57H,4-6,9,12-15,18,21-22,27-28,32-33,35-37,39,41-56H2,1-3H3/b10-7-,11-8-,19-16-,20-17-,25-23-,26-24-,30-29-,34-31-,40-38-. The Kier molecular flexibility index (Phi) is 50.5. The van der Waals surface area contributed by atoms with Crippen LogP contribution in [-0.2, 0) is 28.6 Å². The van der Waals surface area contributed by atoms with Crippen LogP contribution in [0.5, 0.6) is 0 Å². The van der Waals surface area contributed by atoms with Crippen molar-refractivity contribution in [2.75, 3.05) is 13.2 Å². The second-order valence-corrected chi connectivity index (χ2v) is 17.4. The third-order valence-corrected chi connectivity index (χ3v) is 11.0. The molecule has 0 aliphatic rings. The van der Waals surface area contributed by atoms with Gasteiger partial charge in [-0.2, -0.15) is 0 Å². The summed E-state index contributed by atoms with van der Waals surface area (Å²) in [7, 11) is 0. The van der Waals surface area contributed by atoms with Crippen molar-refractivity contribution in [1.82, 2.24) is 0 Å². The van der Waals surface area contributed by atoms with Crippen LogP contribution in [0.15, 0.2) is 109 Å². The van der Waals surface area contributed by atoms with E-state index in [4.69, 9.17) is 14.2 Å². The summed E-state index contributed by atoms with van der Waals surface area (Å²) >= 11 is 0. The molecule has 0 aromatic carbocycles. The molecule has 0 rings (SSSR count). The Hall–Kier alpha value is -3.93. The van der Waals surface area contributed by atoms with Crippen molar-refractivity contribution in [1.29, 1.82) is 0 Å². The Morgan fingerprint density at radius 3 is 0.939 bits per heavy atom. The van der Waals surface area contributed by atoms with Gasteiger partial charge < -0.3 is 14.2 Å². The van der Waals surface area contributed by atoms with E-state index in [9.17, 15) is 14.4 Å². The quantitative estimate of drug-likeness (QED) is 0.0262. The Morgan fingerprint density at radius 1 is 0.318 bits per heavy atom. The van der Waals surface area contributed by atoms with Crippen molar-refractivity contribution in [3.63, 3.8) is 0 Å². The van der Waals surface area contributed by atoms with E-state index in [2.05, 4.69) is 130 Å². The Labute approximate surface area is 406 Å². The summed E-state index contributed by atoms with van der Waals surface area (Å²) in [6.45, 7) is 6.34. The lowest BCUT2D eigenvalue weighted by molar-refractivity contribution is -0.167. The average Bonchev–Trinajstić information content (AvgIpc) is 3.31. The zero-order valence-electron chi connectivity index (χ0n) is 42.7. The zero-order valence-corrected chi connectivity index (χ0v) is 42.7. The maximum absolute atomic E-state index is 12.8. The van der Waals surface area contributed by atoms with E-state index in [1.54, 1.807) is 0 Å². The van der Waals surface area contributed by atoms with E-state index in [-0.39, 0.29) is 37.5 Å². The summed E-state index contributed by atoms with van der Waals surface area (Å²) in [5.41, 5.74) is 0. The monoisotopic (exact) mass is 915 g/mol. The number of carbonyl (C=O) groups excluding carboxylic acids is 3. The van der Waals surface area contributed by atoms with Gasteiger partial charge in [-0.1, -0.05) is 220 Å². The highest BCUT2D eigenvalue weighted by Crippen LogP contribution is 2.14. The molecule has 6 nitrogen and oxygen atoms in total. The van der Waals surface area contributed by atoms with Crippen LogP contribution in [-0.4, -0.2) is 37.2 Å². The van der Waals surface area contributed by atoms with Crippen molar-refractivity contribution in [2.45, 2.75) is 239 Å². The van der Waals surface area contributed by atoms with Crippen molar-refractivity contribution >= 4 is 17.9 Å². The summed E-state index contributed by atoms with van der Waals surface area (Å²) in [5.74, 6) is -0.943. The molecule has 0 amide bonds. The van der Waals surface area contributed by atoms with Crippen LogP contribution in [0.3, 0.4) is 0 Å². The van der Waals surface area contributed by atoms with Crippen LogP contribution < -0.4 is 0 Å². The smallest absolute Gasteiger partial charge is 0.306 e. The maximum atomic E-state index is 12.8. The number of unbranched alkanes of at least 4 members (excludes halogenated alkanes) is 18. The van der Waals surface area contributed by atoms with Gasteiger partial charge in [0.05, 0.1) is 0 Å². The highest BCUT2D eigenvalue weighted by Gasteiger charge is 2.19. The number of ether oxygens (including phenoxy) is 3. The fourth-order valence-corrected chi connectivity index (χ4v) is 7.05. The summed E-state index contributed by atoms with van der Waals surface area (Å²) in [5, 5.41) is 0. The normalized spacial score (nSPS) is 13.0. The lowest BCUT2D eigenvalue weighted by Gasteiger charge is -2.18. The molecule has 0 heterocycles. The molecular formula is C60H98O6. The predicted octanol–water partition coefficient (Wildman–Crippen LogP) is 17.9. The van der Waals surface area contributed by atoms with Gasteiger partial charge in [0.25, 0.3) is 0 Å². The average molecular weight is 915 g/mol. The molecule has 0 spiro atoms. The number of hydrogen-bond donors (Lipinski definition) is 0. The molecule has 1 unspecified atom stereocenters. The molecule has 0 aromatic rings. The van der Waals surface area contributed by atoms with Crippen LogP contribution in [0, 0.1) is 0 Å². The van der Waals surface area contributed by atoms with Gasteiger partial charge in [0.1, 0.15) is 13.2 Å². The minimum Gasteiger partial charge on any atom is -0.462 e. The molecule has 0 saturated heterocycles. The number of carbonyl (C=O) groups is 3. The molecule has 0 aliphatic carbocycles. The number of hydrogen-bond acceptors (Lipinski definition) is 6. The van der Waals surface area contributed by atoms with Gasteiger partial charge in [-0.05, 0) is 103 Å². The molecule has 0 aliphatic heterocycles. The summed E-state index contributed by atoms with van der Waals surface area (Å²) in [4.78, 5) is 37.9. The van der Waals surface area contributed by atoms with E-state index in [1.807, 2.05) is 0 Å². The van der Waals surface area contributed by atoms with Gasteiger partial charge in [-0.25, -0.2) is 0 Å². The first-order valence-corrected chi connectivity index (χ1v) is 26.9. The van der Waals surface area contributed by atoms with Gasteiger partial charge in [-0.3, -0.25) is 14.4 Å². The molecule has 66 heavy (non-hydrogen) atoms. The number of allylic oxidation sites excluding steroid dienone is 18. The molecule has 374 valence electrons. The van der Waals surface area contributed by atoms with E-state index in [0.29, 0.717) is 12.8 Å². The second kappa shape index (κ2) is 53.7. The Morgan fingerprint density at radius 2 is 0.591 bits per heavy atom. The Balaban J connectivity index is 4.36. The first-order chi connectivity index (χ1) is 32.5. The van der Waals surface area contributed by atoms with Crippen LogP contribution >= 0.6 is 0 Å². The van der Waals surface area contributed by atoms with Crippen LogP contribution in [0.4, 0.5) is 0 Å². The van der Waals surface area contributed by atoms with E-state index in [1.165, 1.54) is 64.2 Å². The lowest BCUT2D eigenvalue weighted by atomic mass is 10.1. The molecular weight excluding hydrogens is 817 g/mol. The number of esters is 3. The van der Waals surface area contributed by atoms with Crippen molar-refractivity contribution in [3.05, 3.63) is 109 Å². The second-order valence-electron chi connectivity index (χ2n) is 17.4. The van der Waals surface area contributed by atoms with Crippen molar-refractivity contribution in [2.24, 2.45) is 0 Å². The van der Waals surface area contributed by atoms with Crippen LogP contribution in [0.25, 0.3) is 0 Å². The highest BCUT2D eigenvalue weighted by atomic mass is 16.6. The lowest BCUT2D eigenvalue weighted by Crippen LogP contribution is -2.30. The minimum atomic E-state index is -0.798. The summed E-state index contributed by atoms with van der Waals surface area (Å²) in [6.07, 6.45) is 72.3. The summed E-state index contributed by atoms with van der Waals surface area (Å²) in [6, 6.07) is 0. The topological polar surface area (TPSA) is 78.9 Å². The third-order valence-electron chi connectivity index (χ3n) is 11.0. The van der Waals surface area contributed by atoms with Crippen molar-refractivity contribution < 1.29 is 28.6 Å². The van der Waals surface area contributed by atoms with Crippen LogP contribution in [0.2, 0.25) is 0 Å². The maximum Gasteiger partial charge on any atom is 0.306 e. The van der Waals surface area contributed by atoms with E-state index >= 15 is 0 Å². The fraction of sp³-hybridized carbons (Fsp3) is 0.650. The molecule has 0 N–H and O–H groups in total. The molecule has 6 heteroatoms. The first-order valence-electron chi connectivity index (χ1n) is 26.9. The zero-order chi connectivity index (χ0) is 47.9. The highest BCUT2D eigenvalue weighted by molar-refractivity contribution is 5.71. The predicted molar refractivity (Wildman–Crippen MR) is 283 cm³/mol. The number of rotatable bonds is 47. The van der Waals surface area contributed by atoms with Gasteiger partial charge in [0, 0.05) is 19.3 Å². The van der Waals surface area contributed by atoms with Gasteiger partial charge >= 0.3 is 17.9 Å². The molecule has 1 atom stereocenters. The van der Waals surface area contributed by atoms with Gasteiger partial charge in [0.2, 0.25) is 0 Å². The van der Waals surface area contributed by atoms with E-state index < -0.39 is 6.10 Å². The Bertz CT molecular complexity index is 1370. The van der Waals surface area contributed by atoms with Crippen molar-refractivity contribution in [3.8, 4) is 0 Å². The largest absolute Gasteiger partial charge is 0.462 e.